The van der Waals surface area contributed by atoms with Gasteiger partial charge in [0.2, 0.25) is 0 Å². The maximum Gasteiger partial charge on any atom is 0.0805 e. The number of aliphatic hydroxyl groups excluding tert-OH is 1. The quantitative estimate of drug-likeness (QED) is 0.883. The molecule has 1 aliphatic rings. The van der Waals surface area contributed by atoms with E-state index in [1.807, 2.05) is 30.3 Å². The molecule has 1 heterocycles. The van der Waals surface area contributed by atoms with Crippen molar-refractivity contribution in [2.75, 3.05) is 6.54 Å². The third kappa shape index (κ3) is 3.56. The Morgan fingerprint density at radius 1 is 1.42 bits per heavy atom. The first-order chi connectivity index (χ1) is 9.22. The van der Waals surface area contributed by atoms with E-state index < -0.39 is 6.10 Å². The van der Waals surface area contributed by atoms with Gasteiger partial charge in [0.05, 0.1) is 18.6 Å². The van der Waals surface area contributed by atoms with Crippen LogP contribution in [0.2, 0.25) is 0 Å². The number of rotatable bonds is 5. The summed E-state index contributed by atoms with van der Waals surface area (Å²) in [5.41, 5.74) is 0.988. The number of aliphatic hydroxyl groups is 1. The number of benzene rings is 1. The van der Waals surface area contributed by atoms with E-state index >= 15 is 0 Å². The summed E-state index contributed by atoms with van der Waals surface area (Å²) in [6.07, 6.45) is 3.22. The van der Waals surface area contributed by atoms with E-state index in [1.54, 1.807) is 0 Å². The topological polar surface area (TPSA) is 47.3 Å². The van der Waals surface area contributed by atoms with Crippen LogP contribution in [0, 0.1) is 11.3 Å². The summed E-state index contributed by atoms with van der Waals surface area (Å²) in [6, 6.07) is 12.8. The first-order valence-electron chi connectivity index (χ1n) is 7.08. The van der Waals surface area contributed by atoms with Crippen LogP contribution in [0.1, 0.15) is 44.3 Å². The monoisotopic (exact) mass is 258 g/mol. The molecule has 0 aromatic heterocycles. The second-order valence-corrected chi connectivity index (χ2v) is 5.41. The Labute approximate surface area is 115 Å². The van der Waals surface area contributed by atoms with Crippen LogP contribution >= 0.6 is 0 Å². The standard InChI is InChI=1S/C16H22N2O/c1-13(9-10-17)18-11-5-8-15(18)12-16(19)14-6-3-2-4-7-14/h2-4,6-7,13,15-16,19H,5,8-9,11-12H2,1H3. The van der Waals surface area contributed by atoms with E-state index in [0.29, 0.717) is 18.5 Å². The van der Waals surface area contributed by atoms with Crippen LogP contribution in [0.25, 0.3) is 0 Å². The Hall–Kier alpha value is -1.37. The van der Waals surface area contributed by atoms with E-state index in [9.17, 15) is 5.11 Å². The third-order valence-electron chi connectivity index (χ3n) is 4.06. The van der Waals surface area contributed by atoms with E-state index in [0.717, 1.165) is 24.9 Å². The van der Waals surface area contributed by atoms with Crippen molar-refractivity contribution in [1.82, 2.24) is 4.90 Å². The number of hydrogen-bond donors (Lipinski definition) is 1. The molecule has 1 aromatic rings. The average molecular weight is 258 g/mol. The molecule has 0 spiro atoms. The largest absolute Gasteiger partial charge is 0.388 e. The molecule has 1 fully saturated rings. The summed E-state index contributed by atoms with van der Waals surface area (Å²) < 4.78 is 0. The number of nitriles is 1. The van der Waals surface area contributed by atoms with Gasteiger partial charge in [-0.3, -0.25) is 4.90 Å². The van der Waals surface area contributed by atoms with Crippen molar-refractivity contribution in [2.24, 2.45) is 0 Å². The highest BCUT2D eigenvalue weighted by molar-refractivity contribution is 5.17. The Morgan fingerprint density at radius 3 is 2.84 bits per heavy atom. The van der Waals surface area contributed by atoms with Crippen LogP contribution in [-0.2, 0) is 0 Å². The average Bonchev–Trinajstić information content (AvgIpc) is 2.88. The lowest BCUT2D eigenvalue weighted by atomic mass is 9.99. The predicted molar refractivity (Wildman–Crippen MR) is 75.4 cm³/mol. The highest BCUT2D eigenvalue weighted by Crippen LogP contribution is 2.29. The van der Waals surface area contributed by atoms with E-state index in [1.165, 1.54) is 6.42 Å². The van der Waals surface area contributed by atoms with Crippen LogP contribution in [0.5, 0.6) is 0 Å². The SMILES string of the molecule is CC(CC#N)N1CCCC1CC(O)c1ccccc1. The highest BCUT2D eigenvalue weighted by Gasteiger charge is 2.30. The van der Waals surface area contributed by atoms with Gasteiger partial charge >= 0.3 is 0 Å². The molecule has 0 bridgehead atoms. The Kier molecular flexibility index (Phi) is 4.95. The summed E-state index contributed by atoms with van der Waals surface area (Å²) >= 11 is 0. The fourth-order valence-corrected chi connectivity index (χ4v) is 3.01. The molecule has 1 N–H and O–H groups in total. The van der Waals surface area contributed by atoms with Crippen LogP contribution in [0.15, 0.2) is 30.3 Å². The first kappa shape index (κ1) is 14.0. The van der Waals surface area contributed by atoms with Crippen molar-refractivity contribution < 1.29 is 5.11 Å². The summed E-state index contributed by atoms with van der Waals surface area (Å²) in [5.74, 6) is 0. The lowest BCUT2D eigenvalue weighted by molar-refractivity contribution is 0.104. The highest BCUT2D eigenvalue weighted by atomic mass is 16.3. The van der Waals surface area contributed by atoms with Gasteiger partial charge in [0, 0.05) is 12.1 Å². The molecule has 2 rings (SSSR count). The van der Waals surface area contributed by atoms with Gasteiger partial charge < -0.3 is 5.11 Å². The third-order valence-corrected chi connectivity index (χ3v) is 4.06. The summed E-state index contributed by atoms with van der Waals surface area (Å²) in [5, 5.41) is 19.1. The van der Waals surface area contributed by atoms with Crippen molar-refractivity contribution >= 4 is 0 Å². The number of likely N-dealkylation sites (tertiary alicyclic amines) is 1. The van der Waals surface area contributed by atoms with E-state index in [-0.39, 0.29) is 0 Å². The second-order valence-electron chi connectivity index (χ2n) is 5.41. The second kappa shape index (κ2) is 6.70. The molecule has 0 amide bonds. The zero-order valence-electron chi connectivity index (χ0n) is 11.5. The molecule has 1 aromatic carbocycles. The molecule has 3 atom stereocenters. The molecule has 0 saturated carbocycles. The Bertz CT molecular complexity index is 426. The zero-order chi connectivity index (χ0) is 13.7. The molecule has 0 aliphatic carbocycles. The lowest BCUT2D eigenvalue weighted by Gasteiger charge is -2.30. The van der Waals surface area contributed by atoms with Gasteiger partial charge in [-0.1, -0.05) is 30.3 Å². The summed E-state index contributed by atoms with van der Waals surface area (Å²) in [6.45, 7) is 3.16. The molecule has 1 aliphatic heterocycles. The Balaban J connectivity index is 1.96. The molecule has 0 radical (unpaired) electrons. The van der Waals surface area contributed by atoms with Gasteiger partial charge in [-0.2, -0.15) is 5.26 Å². The molecule has 102 valence electrons. The first-order valence-corrected chi connectivity index (χ1v) is 7.08. The van der Waals surface area contributed by atoms with Crippen LogP contribution < -0.4 is 0 Å². The van der Waals surface area contributed by atoms with Crippen LogP contribution in [0.4, 0.5) is 0 Å². The van der Waals surface area contributed by atoms with Crippen molar-refractivity contribution in [3.63, 3.8) is 0 Å². The van der Waals surface area contributed by atoms with Gasteiger partial charge in [-0.25, -0.2) is 0 Å². The van der Waals surface area contributed by atoms with Gasteiger partial charge in [0.15, 0.2) is 0 Å². The maximum absolute atomic E-state index is 10.3. The lowest BCUT2D eigenvalue weighted by Crippen LogP contribution is -2.37. The minimum Gasteiger partial charge on any atom is -0.388 e. The van der Waals surface area contributed by atoms with Crippen LogP contribution in [-0.4, -0.2) is 28.6 Å². The molecule has 3 nitrogen and oxygen atoms in total. The summed E-state index contributed by atoms with van der Waals surface area (Å²) in [4.78, 5) is 2.38. The van der Waals surface area contributed by atoms with Crippen LogP contribution in [0.3, 0.4) is 0 Å². The molecule has 1 saturated heterocycles. The summed E-state index contributed by atoms with van der Waals surface area (Å²) in [7, 11) is 0. The fraction of sp³-hybridized carbons (Fsp3) is 0.562. The smallest absolute Gasteiger partial charge is 0.0805 e. The maximum atomic E-state index is 10.3. The van der Waals surface area contributed by atoms with Crippen molar-refractivity contribution in [1.29, 1.82) is 5.26 Å². The minimum atomic E-state index is -0.402. The molecule has 3 unspecified atom stereocenters. The van der Waals surface area contributed by atoms with Crippen molar-refractivity contribution in [2.45, 2.75) is 50.8 Å². The van der Waals surface area contributed by atoms with Gasteiger partial charge in [0.1, 0.15) is 0 Å². The van der Waals surface area contributed by atoms with Crippen molar-refractivity contribution in [3.8, 4) is 6.07 Å². The molecular formula is C16H22N2O. The van der Waals surface area contributed by atoms with E-state index in [4.69, 9.17) is 5.26 Å². The predicted octanol–water partition coefficient (Wildman–Crippen LogP) is 2.88. The van der Waals surface area contributed by atoms with Crippen molar-refractivity contribution in [3.05, 3.63) is 35.9 Å². The Morgan fingerprint density at radius 2 is 2.16 bits per heavy atom. The molecular weight excluding hydrogens is 236 g/mol. The van der Waals surface area contributed by atoms with Gasteiger partial charge in [-0.05, 0) is 38.3 Å². The normalized spacial score (nSPS) is 22.9. The molecule has 3 heteroatoms. The molecule has 19 heavy (non-hydrogen) atoms. The number of hydrogen-bond acceptors (Lipinski definition) is 3. The number of nitrogens with zero attached hydrogens (tertiary/aromatic N) is 2. The van der Waals surface area contributed by atoms with Gasteiger partial charge in [-0.15, -0.1) is 0 Å². The van der Waals surface area contributed by atoms with Gasteiger partial charge in [0.25, 0.3) is 0 Å². The fourth-order valence-electron chi connectivity index (χ4n) is 3.01. The van der Waals surface area contributed by atoms with E-state index in [2.05, 4.69) is 17.9 Å². The minimum absolute atomic E-state index is 0.292. The zero-order valence-corrected chi connectivity index (χ0v) is 11.5.